The minimum absolute atomic E-state index is 0.0409. The molecule has 0 saturated carbocycles. The van der Waals surface area contributed by atoms with Crippen LogP contribution in [0.5, 0.6) is 0 Å². The minimum atomic E-state index is -4.47. The van der Waals surface area contributed by atoms with Gasteiger partial charge in [-0.25, -0.2) is 9.78 Å². The number of nitrogens with one attached hydrogen (secondary N) is 9. The molecule has 1 aliphatic rings. The predicted octanol–water partition coefficient (Wildman–Crippen LogP) is 3.03. The number of alkyl carbamates (subject to hydrolysis) is 1. The molecule has 440 valence electrons. The maximum atomic E-state index is 14.1. The SMILES string of the molecule is CC(=O)N1CCC[C@H]1C(=O)N[C@@H](CCCNC(=O)OC(C)(C)C)C(=O)NCC(=O)N[C@@H](CCc1ccccc1)C(=O)N[C@@H](CC(C)C)C(=O)NNC(=O)c1ccc(CNC(=O)c2ccc(N/N=C/c3ccccc3S(=O)(=O)O)nc2)cc1. The van der Waals surface area contributed by atoms with Gasteiger partial charge in [0, 0.05) is 43.9 Å². The van der Waals surface area contributed by atoms with Crippen molar-refractivity contribution in [2.45, 2.75) is 128 Å². The Kier molecular flexibility index (Phi) is 24.0. The average molecular weight is 1150 g/mol. The molecule has 9 amide bonds. The van der Waals surface area contributed by atoms with Crippen LogP contribution in [0.3, 0.4) is 0 Å². The summed E-state index contributed by atoms with van der Waals surface area (Å²) in [4.78, 5) is 124. The molecular formula is C56H72N12O13S. The van der Waals surface area contributed by atoms with Crippen LogP contribution >= 0.6 is 0 Å². The molecule has 82 heavy (non-hydrogen) atoms. The molecule has 0 aliphatic carbocycles. The number of hydrogen-bond acceptors (Lipinski definition) is 15. The summed E-state index contributed by atoms with van der Waals surface area (Å²) in [5, 5.41) is 20.0. The van der Waals surface area contributed by atoms with Crippen LogP contribution in [0, 0.1) is 5.92 Å². The maximum absolute atomic E-state index is 14.1. The minimum Gasteiger partial charge on any atom is -0.444 e. The molecular weight excluding hydrogens is 1080 g/mol. The van der Waals surface area contributed by atoms with Crippen LogP contribution in [0.4, 0.5) is 10.6 Å². The van der Waals surface area contributed by atoms with Gasteiger partial charge in [-0.2, -0.15) is 13.5 Å². The van der Waals surface area contributed by atoms with E-state index in [9.17, 15) is 56.1 Å². The highest BCUT2D eigenvalue weighted by atomic mass is 32.2. The van der Waals surface area contributed by atoms with Crippen molar-refractivity contribution in [3.05, 3.63) is 125 Å². The van der Waals surface area contributed by atoms with Gasteiger partial charge in [-0.15, -0.1) is 0 Å². The summed E-state index contributed by atoms with van der Waals surface area (Å²) >= 11 is 0. The molecule has 1 aliphatic heterocycles. The molecule has 25 nitrogen and oxygen atoms in total. The van der Waals surface area contributed by atoms with Crippen LogP contribution in [0.1, 0.15) is 117 Å². The number of aromatic nitrogens is 1. The number of rotatable bonds is 26. The van der Waals surface area contributed by atoms with E-state index in [0.717, 1.165) is 5.56 Å². The van der Waals surface area contributed by atoms with Crippen molar-refractivity contribution >= 4 is 75.5 Å². The Morgan fingerprint density at radius 3 is 2.10 bits per heavy atom. The van der Waals surface area contributed by atoms with Crippen molar-refractivity contribution in [1.29, 1.82) is 0 Å². The Balaban J connectivity index is 1.15. The van der Waals surface area contributed by atoms with E-state index in [1.165, 1.54) is 66.7 Å². The summed E-state index contributed by atoms with van der Waals surface area (Å²) in [5.41, 5.74) is 8.64. The van der Waals surface area contributed by atoms with E-state index in [0.29, 0.717) is 31.4 Å². The zero-order chi connectivity index (χ0) is 60.0. The number of pyridine rings is 1. The van der Waals surface area contributed by atoms with Crippen LogP contribution < -0.4 is 48.2 Å². The molecule has 10 N–H and O–H groups in total. The van der Waals surface area contributed by atoms with Gasteiger partial charge in [-0.1, -0.05) is 74.5 Å². The third-order valence-corrected chi connectivity index (χ3v) is 13.4. The summed E-state index contributed by atoms with van der Waals surface area (Å²) in [6.07, 6.45) is 3.65. The Morgan fingerprint density at radius 2 is 1.44 bits per heavy atom. The number of hydrogen-bond donors (Lipinski definition) is 10. The van der Waals surface area contributed by atoms with Gasteiger partial charge in [0.05, 0.1) is 18.3 Å². The Bertz CT molecular complexity index is 3030. The van der Waals surface area contributed by atoms with Crippen LogP contribution in [-0.4, -0.2) is 132 Å². The topological polar surface area (TPSA) is 354 Å². The van der Waals surface area contributed by atoms with Crippen molar-refractivity contribution in [1.82, 2.24) is 52.6 Å². The number of benzene rings is 3. The number of anilines is 1. The first-order chi connectivity index (χ1) is 38.9. The lowest BCUT2D eigenvalue weighted by Crippen LogP contribution is -2.57. The largest absolute Gasteiger partial charge is 0.444 e. The standard InChI is InChI=1S/C56H72N12O13S/c1-35(2)30-44(53(75)67-66-50(72)39-23-20-38(21-24-39)31-59-49(71)41-25-27-47(58-32-41)65-61-33-40-16-10-11-19-46(40)82(78,79)80)64-52(74)43(26-22-37-14-8-7-9-15-37)62-48(70)34-60-51(73)42(17-12-28-57-55(77)81-56(4,5)6)63-54(76)45-18-13-29-68(45)36(3)69/h7-11,14-16,19-21,23-25,27,32-33,35,42-45H,12-13,17-18,22,26,28-31,34H2,1-6H3,(H,57,77)(H,58,65)(H,59,71)(H,60,73)(H,62,70)(H,63,76)(H,64,74)(H,66,72)(H,67,75)(H,78,79,80)/b61-33+/t42-,43-,44-,45-/m0/s1. The molecule has 1 fully saturated rings. The van der Waals surface area contributed by atoms with E-state index in [1.54, 1.807) is 39.0 Å². The van der Waals surface area contributed by atoms with E-state index < -0.39 is 93.9 Å². The summed E-state index contributed by atoms with van der Waals surface area (Å²) < 4.78 is 38.0. The lowest BCUT2D eigenvalue weighted by molar-refractivity contribution is -0.138. The predicted molar refractivity (Wildman–Crippen MR) is 302 cm³/mol. The van der Waals surface area contributed by atoms with Crippen molar-refractivity contribution in [3.63, 3.8) is 0 Å². The molecule has 0 unspecified atom stereocenters. The third-order valence-electron chi connectivity index (χ3n) is 12.5. The lowest BCUT2D eigenvalue weighted by atomic mass is 10.0. The van der Waals surface area contributed by atoms with E-state index in [-0.39, 0.29) is 78.0 Å². The number of carbonyl (C=O) groups is 9. The fourth-order valence-corrected chi connectivity index (χ4v) is 9.09. The highest BCUT2D eigenvalue weighted by Crippen LogP contribution is 2.19. The van der Waals surface area contributed by atoms with Gasteiger partial charge in [0.1, 0.15) is 40.5 Å². The quantitative estimate of drug-likeness (QED) is 0.0187. The summed E-state index contributed by atoms with van der Waals surface area (Å²) in [7, 11) is -4.47. The van der Waals surface area contributed by atoms with E-state index in [1.807, 2.05) is 44.2 Å². The molecule has 26 heteroatoms. The number of carbonyl (C=O) groups excluding carboxylic acids is 9. The second-order valence-corrected chi connectivity index (χ2v) is 22.1. The molecule has 0 spiro atoms. The molecule has 1 saturated heterocycles. The van der Waals surface area contributed by atoms with Crippen molar-refractivity contribution in [2.75, 3.05) is 25.1 Å². The number of hydrazine groups is 1. The first-order valence-corrected chi connectivity index (χ1v) is 28.1. The monoisotopic (exact) mass is 1150 g/mol. The lowest BCUT2D eigenvalue weighted by Gasteiger charge is -2.26. The molecule has 2 heterocycles. The van der Waals surface area contributed by atoms with Crippen molar-refractivity contribution < 1.29 is 60.9 Å². The highest BCUT2D eigenvalue weighted by molar-refractivity contribution is 7.86. The molecule has 4 atom stereocenters. The van der Waals surface area contributed by atoms with Crippen LogP contribution in [0.15, 0.2) is 107 Å². The van der Waals surface area contributed by atoms with Crippen LogP contribution in [-0.2, 0) is 56.6 Å². The van der Waals surface area contributed by atoms with Gasteiger partial charge >= 0.3 is 6.09 Å². The van der Waals surface area contributed by atoms with Crippen molar-refractivity contribution in [2.24, 2.45) is 11.0 Å². The normalized spacial score (nSPS) is 14.3. The second kappa shape index (κ2) is 30.7. The van der Waals surface area contributed by atoms with Gasteiger partial charge in [0.15, 0.2) is 0 Å². The smallest absolute Gasteiger partial charge is 0.407 e. The number of nitrogens with zero attached hydrogens (tertiary/aromatic N) is 3. The van der Waals surface area contributed by atoms with Gasteiger partial charge < -0.3 is 41.5 Å². The molecule has 0 bridgehead atoms. The average Bonchev–Trinajstić information content (AvgIpc) is 4.12. The molecule has 1 aromatic heterocycles. The van der Waals surface area contributed by atoms with Crippen LogP contribution in [0.2, 0.25) is 0 Å². The zero-order valence-electron chi connectivity index (χ0n) is 46.6. The Hall–Kier alpha value is -8.78. The van der Waals surface area contributed by atoms with Crippen LogP contribution in [0.25, 0.3) is 0 Å². The number of likely N-dealkylation sites (tertiary alicyclic amines) is 1. The number of aryl methyl sites for hydroxylation is 1. The number of hydrazone groups is 1. The Labute approximate surface area is 476 Å². The fourth-order valence-electron chi connectivity index (χ4n) is 8.42. The molecule has 0 radical (unpaired) electrons. The maximum Gasteiger partial charge on any atom is 0.407 e. The molecule has 5 rings (SSSR count). The second-order valence-electron chi connectivity index (χ2n) is 20.7. The Morgan fingerprint density at radius 1 is 0.756 bits per heavy atom. The summed E-state index contributed by atoms with van der Waals surface area (Å²) in [6.45, 7) is 10.1. The van der Waals surface area contributed by atoms with Gasteiger partial charge in [-0.05, 0) is 113 Å². The van der Waals surface area contributed by atoms with E-state index in [2.05, 4.69) is 58.3 Å². The van der Waals surface area contributed by atoms with Gasteiger partial charge in [0.2, 0.25) is 29.5 Å². The molecule has 3 aromatic carbocycles. The van der Waals surface area contributed by atoms with Gasteiger partial charge in [-0.3, -0.25) is 59.2 Å². The summed E-state index contributed by atoms with van der Waals surface area (Å²) in [6, 6.07) is 19.7. The first kappa shape index (κ1) is 64.0. The van der Waals surface area contributed by atoms with E-state index in [4.69, 9.17) is 4.74 Å². The number of ether oxygens (including phenoxy) is 1. The third kappa shape index (κ3) is 21.4. The van der Waals surface area contributed by atoms with Crippen molar-refractivity contribution in [3.8, 4) is 0 Å². The fraction of sp³-hybridized carbons (Fsp3) is 0.411. The molecule has 4 aromatic rings. The number of amides is 9. The first-order valence-electron chi connectivity index (χ1n) is 26.6. The van der Waals surface area contributed by atoms with Gasteiger partial charge in [0.25, 0.3) is 27.8 Å². The van der Waals surface area contributed by atoms with E-state index >= 15 is 0 Å². The summed E-state index contributed by atoms with van der Waals surface area (Å²) in [5.74, 6) is -4.79. The zero-order valence-corrected chi connectivity index (χ0v) is 47.4. The highest BCUT2D eigenvalue weighted by Gasteiger charge is 2.35.